The Labute approximate surface area is 215 Å². The molecule has 3 N–H and O–H groups in total. The van der Waals surface area contributed by atoms with Crippen LogP contribution in [0.4, 0.5) is 5.82 Å². The van der Waals surface area contributed by atoms with Crippen LogP contribution < -0.4 is 5.73 Å². The van der Waals surface area contributed by atoms with Gasteiger partial charge in [-0.1, -0.05) is 48.5 Å². The zero-order chi connectivity index (χ0) is 25.0. The van der Waals surface area contributed by atoms with Crippen LogP contribution in [0.2, 0.25) is 0 Å². The SMILES string of the molecule is Nc1nccn2c1c(-c1ccc3ccc(-c4ccccc4)nc3c1)nc2[C@H]1C[C@@](O)(CN2CCCC2)C1. The van der Waals surface area contributed by atoms with E-state index in [9.17, 15) is 5.11 Å². The number of hydrogen-bond acceptors (Lipinski definition) is 6. The van der Waals surface area contributed by atoms with Gasteiger partial charge in [0.05, 0.1) is 16.8 Å². The van der Waals surface area contributed by atoms with Gasteiger partial charge in [-0.3, -0.25) is 4.40 Å². The Hall–Kier alpha value is -3.81. The largest absolute Gasteiger partial charge is 0.389 e. The summed E-state index contributed by atoms with van der Waals surface area (Å²) in [6.07, 6.45) is 7.54. The minimum Gasteiger partial charge on any atom is -0.389 e. The van der Waals surface area contributed by atoms with Crippen LogP contribution >= 0.6 is 0 Å². The fraction of sp³-hybridized carbons (Fsp3) is 0.300. The minimum absolute atomic E-state index is 0.180. The zero-order valence-corrected chi connectivity index (χ0v) is 20.7. The van der Waals surface area contributed by atoms with Crippen molar-refractivity contribution in [2.24, 2.45) is 0 Å². The summed E-state index contributed by atoms with van der Waals surface area (Å²) < 4.78 is 2.07. The van der Waals surface area contributed by atoms with E-state index in [2.05, 4.69) is 56.7 Å². The molecule has 7 rings (SSSR count). The lowest BCUT2D eigenvalue weighted by molar-refractivity contribution is -0.0704. The fourth-order valence-electron chi connectivity index (χ4n) is 6.14. The van der Waals surface area contributed by atoms with Gasteiger partial charge in [0.1, 0.15) is 22.9 Å². The Kier molecular flexibility index (Phi) is 5.23. The van der Waals surface area contributed by atoms with E-state index in [1.165, 1.54) is 12.8 Å². The molecule has 4 heterocycles. The molecular weight excluding hydrogens is 460 g/mol. The first kappa shape index (κ1) is 22.4. The summed E-state index contributed by atoms with van der Waals surface area (Å²) >= 11 is 0. The van der Waals surface area contributed by atoms with Gasteiger partial charge in [-0.2, -0.15) is 0 Å². The number of imidazole rings is 1. The van der Waals surface area contributed by atoms with Gasteiger partial charge in [0.2, 0.25) is 0 Å². The smallest absolute Gasteiger partial charge is 0.150 e. The molecule has 2 aliphatic rings. The van der Waals surface area contributed by atoms with Gasteiger partial charge in [0.25, 0.3) is 0 Å². The van der Waals surface area contributed by atoms with Gasteiger partial charge in [-0.05, 0) is 50.9 Å². The zero-order valence-electron chi connectivity index (χ0n) is 20.7. The van der Waals surface area contributed by atoms with Gasteiger partial charge in [0.15, 0.2) is 0 Å². The maximum Gasteiger partial charge on any atom is 0.150 e. The number of nitrogen functional groups attached to an aromatic ring is 1. The summed E-state index contributed by atoms with van der Waals surface area (Å²) in [7, 11) is 0. The number of likely N-dealkylation sites (tertiary alicyclic amines) is 1. The maximum atomic E-state index is 11.2. The van der Waals surface area contributed by atoms with E-state index in [0.717, 1.165) is 64.4 Å². The third-order valence-corrected chi connectivity index (χ3v) is 7.98. The molecule has 0 spiro atoms. The number of pyridine rings is 1. The fourth-order valence-corrected chi connectivity index (χ4v) is 6.14. The number of rotatable bonds is 5. The van der Waals surface area contributed by atoms with Crippen molar-refractivity contribution in [3.05, 3.63) is 78.9 Å². The van der Waals surface area contributed by atoms with Crippen molar-refractivity contribution < 1.29 is 5.11 Å². The highest BCUT2D eigenvalue weighted by Gasteiger charge is 2.46. The van der Waals surface area contributed by atoms with Gasteiger partial charge >= 0.3 is 0 Å². The maximum absolute atomic E-state index is 11.2. The average molecular weight is 491 g/mol. The number of β-amino-alcohol motifs (C(OH)–C–C–N with tert-alkyl or cyclic N) is 1. The summed E-state index contributed by atoms with van der Waals surface area (Å²) in [4.78, 5) is 16.8. The second kappa shape index (κ2) is 8.64. The van der Waals surface area contributed by atoms with Gasteiger partial charge in [-0.25, -0.2) is 15.0 Å². The van der Waals surface area contributed by atoms with Crippen LogP contribution in [0, 0.1) is 0 Å². The molecule has 1 aliphatic heterocycles. The molecule has 37 heavy (non-hydrogen) atoms. The molecule has 2 fully saturated rings. The second-order valence-corrected chi connectivity index (χ2v) is 10.6. The number of nitrogens with zero attached hydrogens (tertiary/aromatic N) is 5. The second-order valence-electron chi connectivity index (χ2n) is 10.6. The van der Waals surface area contributed by atoms with Crippen molar-refractivity contribution in [2.45, 2.75) is 37.2 Å². The van der Waals surface area contributed by atoms with Crippen molar-refractivity contribution in [3.8, 4) is 22.5 Å². The monoisotopic (exact) mass is 490 g/mol. The number of fused-ring (bicyclic) bond motifs is 2. The number of hydrogen-bond donors (Lipinski definition) is 2. The lowest BCUT2D eigenvalue weighted by atomic mass is 9.70. The Morgan fingerprint density at radius 2 is 1.73 bits per heavy atom. The molecule has 0 bridgehead atoms. The van der Waals surface area contributed by atoms with Gasteiger partial charge in [-0.15, -0.1) is 0 Å². The molecule has 1 aliphatic carbocycles. The van der Waals surface area contributed by atoms with E-state index in [-0.39, 0.29) is 5.92 Å². The summed E-state index contributed by atoms with van der Waals surface area (Å²) in [6, 6.07) is 20.6. The Morgan fingerprint density at radius 3 is 2.54 bits per heavy atom. The minimum atomic E-state index is -0.639. The molecule has 0 radical (unpaired) electrons. The van der Waals surface area contributed by atoms with Crippen molar-refractivity contribution in [3.63, 3.8) is 0 Å². The highest BCUT2D eigenvalue weighted by Crippen LogP contribution is 2.46. The van der Waals surface area contributed by atoms with Crippen LogP contribution in [0.15, 0.2) is 73.1 Å². The third-order valence-electron chi connectivity index (χ3n) is 7.98. The molecule has 7 heteroatoms. The first-order chi connectivity index (χ1) is 18.1. The van der Waals surface area contributed by atoms with E-state index in [0.29, 0.717) is 18.7 Å². The molecular formula is C30H30N6O. The van der Waals surface area contributed by atoms with Crippen molar-refractivity contribution in [1.82, 2.24) is 24.3 Å². The van der Waals surface area contributed by atoms with E-state index in [4.69, 9.17) is 15.7 Å². The summed E-state index contributed by atoms with van der Waals surface area (Å²) in [5.41, 5.74) is 11.3. The molecule has 0 amide bonds. The van der Waals surface area contributed by atoms with Gasteiger partial charge < -0.3 is 15.7 Å². The molecule has 186 valence electrons. The van der Waals surface area contributed by atoms with Crippen molar-refractivity contribution in [2.75, 3.05) is 25.4 Å². The van der Waals surface area contributed by atoms with Crippen LogP contribution in [-0.4, -0.2) is 54.6 Å². The molecule has 0 unspecified atom stereocenters. The molecule has 2 aromatic carbocycles. The molecule has 0 atom stereocenters. The van der Waals surface area contributed by atoms with Crippen LogP contribution in [-0.2, 0) is 0 Å². The third kappa shape index (κ3) is 3.95. The number of aromatic nitrogens is 4. The van der Waals surface area contributed by atoms with Crippen LogP contribution in [0.1, 0.15) is 37.4 Å². The highest BCUT2D eigenvalue weighted by atomic mass is 16.3. The summed E-state index contributed by atoms with van der Waals surface area (Å²) in [5, 5.41) is 12.2. The van der Waals surface area contributed by atoms with Crippen molar-refractivity contribution in [1.29, 1.82) is 0 Å². The molecule has 1 saturated carbocycles. The summed E-state index contributed by atoms with van der Waals surface area (Å²) in [5.74, 6) is 1.57. The Morgan fingerprint density at radius 1 is 0.946 bits per heavy atom. The lowest BCUT2D eigenvalue weighted by Crippen LogP contribution is -2.51. The quantitative estimate of drug-likeness (QED) is 0.364. The van der Waals surface area contributed by atoms with Crippen LogP contribution in [0.3, 0.4) is 0 Å². The molecule has 7 nitrogen and oxygen atoms in total. The van der Waals surface area contributed by atoms with Gasteiger partial charge in [0, 0.05) is 41.4 Å². The van der Waals surface area contributed by atoms with Crippen LogP contribution in [0.25, 0.3) is 38.9 Å². The van der Waals surface area contributed by atoms with E-state index in [1.807, 2.05) is 24.4 Å². The molecule has 1 saturated heterocycles. The normalized spacial score (nSPS) is 22.0. The average Bonchev–Trinajstić information content (AvgIpc) is 3.55. The Balaban J connectivity index is 1.26. The Bertz CT molecular complexity index is 1600. The standard InChI is InChI=1S/C30H30N6O/c31-28-27-26(22-9-8-21-10-11-24(33-25(21)16-22)20-6-2-1-3-7-20)34-29(36(27)15-12-32-28)23-17-30(37,18-23)19-35-13-4-5-14-35/h1-3,6-12,15-16,23,37H,4-5,13-14,17-19H2,(H2,31,32)/t23-,30-. The van der Waals surface area contributed by atoms with Crippen LogP contribution in [0.5, 0.6) is 0 Å². The van der Waals surface area contributed by atoms with E-state index >= 15 is 0 Å². The molecule has 3 aromatic heterocycles. The summed E-state index contributed by atoms with van der Waals surface area (Å²) in [6.45, 7) is 2.94. The predicted octanol–water partition coefficient (Wildman–Crippen LogP) is 4.90. The molecule has 5 aromatic rings. The number of benzene rings is 2. The topological polar surface area (TPSA) is 92.6 Å². The lowest BCUT2D eigenvalue weighted by Gasteiger charge is -2.45. The van der Waals surface area contributed by atoms with E-state index in [1.54, 1.807) is 6.20 Å². The predicted molar refractivity (Wildman–Crippen MR) is 146 cm³/mol. The number of nitrogens with two attached hydrogens (primary N) is 1. The van der Waals surface area contributed by atoms with E-state index < -0.39 is 5.60 Å². The highest BCUT2D eigenvalue weighted by molar-refractivity contribution is 5.91. The first-order valence-electron chi connectivity index (χ1n) is 13.1. The number of aliphatic hydroxyl groups is 1. The first-order valence-corrected chi connectivity index (χ1v) is 13.1. The number of anilines is 1. The van der Waals surface area contributed by atoms with Crippen molar-refractivity contribution >= 4 is 22.2 Å².